The number of carbonyl (C=O) groups excluding carboxylic acids is 1. The lowest BCUT2D eigenvalue weighted by Crippen LogP contribution is -2.08. The van der Waals surface area contributed by atoms with Crippen molar-refractivity contribution >= 4 is 28.7 Å². The highest BCUT2D eigenvalue weighted by atomic mass is 35.5. The van der Waals surface area contributed by atoms with Crippen molar-refractivity contribution in [3.63, 3.8) is 0 Å². The van der Waals surface area contributed by atoms with E-state index in [0.29, 0.717) is 12.2 Å². The van der Waals surface area contributed by atoms with Crippen LogP contribution in [0.4, 0.5) is 0 Å². The summed E-state index contributed by atoms with van der Waals surface area (Å²) in [5.74, 6) is 0.365. The summed E-state index contributed by atoms with van der Waals surface area (Å²) >= 11 is 6.44. The monoisotopic (exact) mass is 357 g/mol. The molecule has 0 spiro atoms. The fraction of sp³-hybridized carbons (Fsp3) is 0.316. The predicted molar refractivity (Wildman–Crippen MR) is 98.3 cm³/mol. The van der Waals surface area contributed by atoms with Crippen molar-refractivity contribution in [2.24, 2.45) is 0 Å². The largest absolute Gasteiger partial charge is 0.464 e. The van der Waals surface area contributed by atoms with Gasteiger partial charge in [0, 0.05) is 5.02 Å². The van der Waals surface area contributed by atoms with Gasteiger partial charge in [0.25, 0.3) is 0 Å². The van der Waals surface area contributed by atoms with Gasteiger partial charge in [-0.05, 0) is 49.1 Å². The molecule has 0 amide bonds. The number of hydrogen-bond donors (Lipinski definition) is 0. The number of methoxy groups -OCH3 is 1. The maximum atomic E-state index is 11.9. The Bertz CT molecular complexity index is 963. The van der Waals surface area contributed by atoms with E-state index in [2.05, 4.69) is 23.0 Å². The highest BCUT2D eigenvalue weighted by Gasteiger charge is 2.17. The van der Waals surface area contributed by atoms with Crippen LogP contribution in [0.5, 0.6) is 0 Å². The number of rotatable bonds is 4. The van der Waals surface area contributed by atoms with Gasteiger partial charge >= 0.3 is 5.97 Å². The van der Waals surface area contributed by atoms with Crippen LogP contribution in [0.25, 0.3) is 11.2 Å². The first-order valence-electron chi connectivity index (χ1n) is 8.14. The summed E-state index contributed by atoms with van der Waals surface area (Å²) in [6.45, 7) is 6.48. The number of aryl methyl sites for hydroxylation is 3. The molecule has 0 aliphatic carbocycles. The number of hydrogen-bond acceptors (Lipinski definition) is 4. The molecule has 2 heterocycles. The molecule has 25 heavy (non-hydrogen) atoms. The number of nitrogens with zero attached hydrogens (tertiary/aromatic N) is 3. The maximum Gasteiger partial charge on any atom is 0.356 e. The Balaban J connectivity index is 2.11. The van der Waals surface area contributed by atoms with E-state index >= 15 is 0 Å². The lowest BCUT2D eigenvalue weighted by atomic mass is 10.1. The molecule has 3 rings (SSSR count). The summed E-state index contributed by atoms with van der Waals surface area (Å²) in [6.07, 6.45) is 0.941. The number of benzene rings is 1. The van der Waals surface area contributed by atoms with E-state index in [1.165, 1.54) is 12.7 Å². The standard InChI is InChI=1S/C19H20ClN3O2/c1-5-13-6-7-14(15(20)9-13)10-23-12(3)21-17-11(2)8-16(19(24)25-4)22-18(17)23/h6-9H,5,10H2,1-4H3. The Kier molecular flexibility index (Phi) is 4.77. The number of pyridine rings is 1. The molecule has 0 aliphatic heterocycles. The molecule has 0 fully saturated rings. The lowest BCUT2D eigenvalue weighted by molar-refractivity contribution is 0.0594. The minimum atomic E-state index is -0.458. The van der Waals surface area contributed by atoms with Gasteiger partial charge in [-0.3, -0.25) is 0 Å². The first-order valence-corrected chi connectivity index (χ1v) is 8.52. The minimum Gasteiger partial charge on any atom is -0.464 e. The smallest absolute Gasteiger partial charge is 0.356 e. The number of fused-ring (bicyclic) bond motifs is 1. The Labute approximate surface area is 151 Å². The Hall–Kier alpha value is -2.40. The van der Waals surface area contributed by atoms with E-state index < -0.39 is 5.97 Å². The van der Waals surface area contributed by atoms with Crippen molar-refractivity contribution in [2.45, 2.75) is 33.7 Å². The summed E-state index contributed by atoms with van der Waals surface area (Å²) < 4.78 is 6.77. The molecule has 6 heteroatoms. The number of imidazole rings is 1. The fourth-order valence-electron chi connectivity index (χ4n) is 2.86. The number of carbonyl (C=O) groups is 1. The third kappa shape index (κ3) is 3.24. The van der Waals surface area contributed by atoms with E-state index in [4.69, 9.17) is 16.3 Å². The van der Waals surface area contributed by atoms with Crippen LogP contribution in [0.2, 0.25) is 5.02 Å². The average Bonchev–Trinajstić information content (AvgIpc) is 2.92. The van der Waals surface area contributed by atoms with Crippen LogP contribution < -0.4 is 0 Å². The van der Waals surface area contributed by atoms with Crippen molar-refractivity contribution < 1.29 is 9.53 Å². The second kappa shape index (κ2) is 6.84. The molecule has 0 N–H and O–H groups in total. The number of ether oxygens (including phenoxy) is 1. The molecule has 130 valence electrons. The molecule has 5 nitrogen and oxygen atoms in total. The van der Waals surface area contributed by atoms with Crippen molar-refractivity contribution in [3.8, 4) is 0 Å². The van der Waals surface area contributed by atoms with E-state index in [1.54, 1.807) is 6.07 Å². The SMILES string of the molecule is CCc1ccc(Cn2c(C)nc3c(C)cc(C(=O)OC)nc32)c(Cl)c1. The molecule has 3 aromatic rings. The average molecular weight is 358 g/mol. The van der Waals surface area contributed by atoms with Gasteiger partial charge in [-0.15, -0.1) is 0 Å². The molecule has 0 atom stereocenters. The molecule has 0 bridgehead atoms. The molecule has 2 aromatic heterocycles. The van der Waals surface area contributed by atoms with Crippen LogP contribution in [-0.2, 0) is 17.7 Å². The Morgan fingerprint density at radius 1 is 1.24 bits per heavy atom. The third-order valence-electron chi connectivity index (χ3n) is 4.33. The molecule has 0 saturated heterocycles. The zero-order valence-electron chi connectivity index (χ0n) is 14.8. The summed E-state index contributed by atoms with van der Waals surface area (Å²) in [5, 5.41) is 0.724. The van der Waals surface area contributed by atoms with Crippen molar-refractivity contribution in [1.82, 2.24) is 14.5 Å². The van der Waals surface area contributed by atoms with Gasteiger partial charge in [-0.25, -0.2) is 14.8 Å². The topological polar surface area (TPSA) is 57.0 Å². The molecule has 0 unspecified atom stereocenters. The zero-order chi connectivity index (χ0) is 18.1. The molecule has 1 aromatic carbocycles. The van der Waals surface area contributed by atoms with E-state index in [9.17, 15) is 4.79 Å². The van der Waals surface area contributed by atoms with Gasteiger partial charge in [0.05, 0.1) is 13.7 Å². The minimum absolute atomic E-state index is 0.279. The van der Waals surface area contributed by atoms with Crippen LogP contribution in [-0.4, -0.2) is 27.6 Å². The van der Waals surface area contributed by atoms with Gasteiger partial charge in [0.1, 0.15) is 11.3 Å². The van der Waals surface area contributed by atoms with Gasteiger partial charge in [-0.1, -0.05) is 30.7 Å². The summed E-state index contributed by atoms with van der Waals surface area (Å²) in [7, 11) is 1.35. The molecule has 0 saturated carbocycles. The molecule has 0 radical (unpaired) electrons. The molecular formula is C19H20ClN3O2. The van der Waals surface area contributed by atoms with E-state index in [0.717, 1.165) is 33.9 Å². The predicted octanol–water partition coefficient (Wildman–Crippen LogP) is 4.10. The highest BCUT2D eigenvalue weighted by molar-refractivity contribution is 6.31. The van der Waals surface area contributed by atoms with Crippen molar-refractivity contribution in [1.29, 1.82) is 0 Å². The summed E-state index contributed by atoms with van der Waals surface area (Å²) in [6, 6.07) is 7.80. The van der Waals surface area contributed by atoms with E-state index in [-0.39, 0.29) is 5.69 Å². The summed E-state index contributed by atoms with van der Waals surface area (Å²) in [4.78, 5) is 20.9. The first kappa shape index (κ1) is 17.4. The van der Waals surface area contributed by atoms with E-state index in [1.807, 2.05) is 30.5 Å². The second-order valence-corrected chi connectivity index (χ2v) is 6.42. The fourth-order valence-corrected chi connectivity index (χ4v) is 3.12. The van der Waals surface area contributed by atoms with Gasteiger partial charge in [0.2, 0.25) is 0 Å². The highest BCUT2D eigenvalue weighted by Crippen LogP contribution is 2.24. The van der Waals surface area contributed by atoms with Crippen LogP contribution in [0, 0.1) is 13.8 Å². The lowest BCUT2D eigenvalue weighted by Gasteiger charge is -2.10. The molecule has 0 aliphatic rings. The van der Waals surface area contributed by atoms with Crippen LogP contribution in [0.15, 0.2) is 24.3 Å². The van der Waals surface area contributed by atoms with Crippen molar-refractivity contribution in [3.05, 3.63) is 57.5 Å². The first-order chi connectivity index (χ1) is 11.9. The van der Waals surface area contributed by atoms with Gasteiger partial charge in [0.15, 0.2) is 11.3 Å². The maximum absolute atomic E-state index is 11.9. The van der Waals surface area contributed by atoms with Crippen molar-refractivity contribution in [2.75, 3.05) is 7.11 Å². The Morgan fingerprint density at radius 3 is 2.64 bits per heavy atom. The molecular weight excluding hydrogens is 338 g/mol. The van der Waals surface area contributed by atoms with Crippen LogP contribution >= 0.6 is 11.6 Å². The summed E-state index contributed by atoms with van der Waals surface area (Å²) in [5.41, 5.74) is 4.80. The number of esters is 1. The van der Waals surface area contributed by atoms with Crippen LogP contribution in [0.3, 0.4) is 0 Å². The Morgan fingerprint density at radius 2 is 2.00 bits per heavy atom. The van der Waals surface area contributed by atoms with Gasteiger partial charge in [-0.2, -0.15) is 0 Å². The normalized spacial score (nSPS) is 11.1. The number of aromatic nitrogens is 3. The zero-order valence-corrected chi connectivity index (χ0v) is 15.5. The number of halogens is 1. The second-order valence-electron chi connectivity index (χ2n) is 6.01. The van der Waals surface area contributed by atoms with Gasteiger partial charge < -0.3 is 9.30 Å². The van der Waals surface area contributed by atoms with Crippen LogP contribution in [0.1, 0.15) is 39.9 Å². The third-order valence-corrected chi connectivity index (χ3v) is 4.69. The quantitative estimate of drug-likeness (QED) is 0.660.